The molecule has 1 N–H and O–H groups in total. The summed E-state index contributed by atoms with van der Waals surface area (Å²) in [6.45, 7) is 3.45. The van der Waals surface area contributed by atoms with Crippen molar-refractivity contribution in [1.82, 2.24) is 10.3 Å². The van der Waals surface area contributed by atoms with Crippen LogP contribution in [0.25, 0.3) is 0 Å². The summed E-state index contributed by atoms with van der Waals surface area (Å²) in [5, 5.41) is 3.22. The zero-order valence-corrected chi connectivity index (χ0v) is 14.7. The number of halogens is 3. The molecule has 1 aromatic carbocycles. The fraction of sp³-hybridized carbons (Fsp3) is 0.267. The Balaban J connectivity index is 2.22. The first-order valence-electron chi connectivity index (χ1n) is 6.58. The number of rotatable bonds is 6. The lowest BCUT2D eigenvalue weighted by molar-refractivity contribution is 0.446. The van der Waals surface area contributed by atoms with Gasteiger partial charge < -0.3 is 10.1 Å². The van der Waals surface area contributed by atoms with E-state index in [0.29, 0.717) is 23.7 Å². The number of aromatic nitrogens is 1. The van der Waals surface area contributed by atoms with Crippen LogP contribution in [0.3, 0.4) is 0 Å². The molecule has 2 rings (SSSR count). The maximum atomic E-state index is 13.4. The lowest BCUT2D eigenvalue weighted by Crippen LogP contribution is -2.15. The van der Waals surface area contributed by atoms with Crippen LogP contribution in [0.2, 0.25) is 0 Å². The van der Waals surface area contributed by atoms with E-state index >= 15 is 0 Å². The lowest BCUT2D eigenvalue weighted by atomic mass is 10.2. The molecule has 0 saturated carbocycles. The van der Waals surface area contributed by atoms with Crippen LogP contribution in [-0.2, 0) is 6.54 Å². The Morgan fingerprint density at radius 3 is 2.81 bits per heavy atom. The van der Waals surface area contributed by atoms with E-state index < -0.39 is 0 Å². The number of pyridine rings is 1. The third-order valence-corrected chi connectivity index (χ3v) is 3.85. The predicted octanol–water partition coefficient (Wildman–Crippen LogP) is 5.04. The molecular weight excluding hydrogens is 403 g/mol. The van der Waals surface area contributed by atoms with E-state index in [4.69, 9.17) is 4.74 Å². The van der Waals surface area contributed by atoms with E-state index in [-0.39, 0.29) is 5.82 Å². The van der Waals surface area contributed by atoms with E-state index in [2.05, 4.69) is 49.1 Å². The minimum Gasteiger partial charge on any atom is -0.438 e. The minimum absolute atomic E-state index is 0.370. The molecule has 112 valence electrons. The van der Waals surface area contributed by atoms with Crippen LogP contribution >= 0.6 is 31.9 Å². The smallest absolute Gasteiger partial charge is 0.223 e. The topological polar surface area (TPSA) is 34.2 Å². The Kier molecular flexibility index (Phi) is 6.14. The van der Waals surface area contributed by atoms with Gasteiger partial charge in [-0.1, -0.05) is 22.9 Å². The summed E-state index contributed by atoms with van der Waals surface area (Å²) in [6.07, 6.45) is 2.17. The van der Waals surface area contributed by atoms with Crippen LogP contribution in [-0.4, -0.2) is 11.5 Å². The van der Waals surface area contributed by atoms with Crippen molar-refractivity contribution in [2.75, 3.05) is 6.54 Å². The largest absolute Gasteiger partial charge is 0.438 e. The van der Waals surface area contributed by atoms with Gasteiger partial charge in [0.2, 0.25) is 5.88 Å². The molecule has 1 heterocycles. The SMILES string of the molecule is CCCNCc1cc(F)cnc1Oc1ccc(Br)cc1Br. The molecule has 0 spiro atoms. The second-order valence-electron chi connectivity index (χ2n) is 4.47. The van der Waals surface area contributed by atoms with E-state index in [1.54, 1.807) is 0 Å². The Morgan fingerprint density at radius 1 is 1.29 bits per heavy atom. The van der Waals surface area contributed by atoms with Crippen LogP contribution in [0.5, 0.6) is 11.6 Å². The Morgan fingerprint density at radius 2 is 2.10 bits per heavy atom. The summed E-state index contributed by atoms with van der Waals surface area (Å²) in [7, 11) is 0. The molecule has 1 aromatic heterocycles. The maximum Gasteiger partial charge on any atom is 0.223 e. The molecule has 0 aliphatic heterocycles. The summed E-state index contributed by atoms with van der Waals surface area (Å²) in [5.74, 6) is 0.669. The van der Waals surface area contributed by atoms with Crippen molar-refractivity contribution in [2.45, 2.75) is 19.9 Å². The van der Waals surface area contributed by atoms with Gasteiger partial charge in [-0.2, -0.15) is 0 Å². The Bertz CT molecular complexity index is 623. The highest BCUT2D eigenvalue weighted by Crippen LogP contribution is 2.32. The third-order valence-electron chi connectivity index (χ3n) is 2.73. The van der Waals surface area contributed by atoms with Crippen LogP contribution in [0.15, 0.2) is 39.4 Å². The summed E-state index contributed by atoms with van der Waals surface area (Å²) >= 11 is 6.82. The highest BCUT2D eigenvalue weighted by Gasteiger charge is 2.10. The van der Waals surface area contributed by atoms with Crippen molar-refractivity contribution in [3.63, 3.8) is 0 Å². The molecular formula is C15H15Br2FN2O. The van der Waals surface area contributed by atoms with Crippen LogP contribution in [0.4, 0.5) is 4.39 Å². The van der Waals surface area contributed by atoms with Gasteiger partial charge in [-0.25, -0.2) is 9.37 Å². The summed E-state index contributed by atoms with van der Waals surface area (Å²) < 4.78 is 20.9. The molecule has 0 unspecified atom stereocenters. The van der Waals surface area contributed by atoms with Crippen molar-refractivity contribution in [1.29, 1.82) is 0 Å². The van der Waals surface area contributed by atoms with Gasteiger partial charge in [-0.15, -0.1) is 0 Å². The van der Waals surface area contributed by atoms with Gasteiger partial charge in [0.05, 0.1) is 10.7 Å². The zero-order chi connectivity index (χ0) is 15.2. The molecule has 6 heteroatoms. The van der Waals surface area contributed by atoms with Crippen molar-refractivity contribution < 1.29 is 9.13 Å². The number of hydrogen-bond donors (Lipinski definition) is 1. The second kappa shape index (κ2) is 7.87. The highest BCUT2D eigenvalue weighted by molar-refractivity contribution is 9.11. The quantitative estimate of drug-likeness (QED) is 0.668. The van der Waals surface area contributed by atoms with Crippen LogP contribution < -0.4 is 10.1 Å². The normalized spacial score (nSPS) is 10.7. The number of hydrogen-bond acceptors (Lipinski definition) is 3. The van der Waals surface area contributed by atoms with Gasteiger partial charge >= 0.3 is 0 Å². The molecule has 0 aliphatic rings. The molecule has 21 heavy (non-hydrogen) atoms. The highest BCUT2D eigenvalue weighted by atomic mass is 79.9. The van der Waals surface area contributed by atoms with Crippen molar-refractivity contribution in [3.8, 4) is 11.6 Å². The number of nitrogens with one attached hydrogen (secondary N) is 1. The molecule has 2 aromatic rings. The first kappa shape index (κ1) is 16.4. The summed E-state index contributed by atoms with van der Waals surface area (Å²) in [4.78, 5) is 4.05. The van der Waals surface area contributed by atoms with Gasteiger partial charge in [0.1, 0.15) is 11.6 Å². The Labute approximate surface area is 140 Å². The lowest BCUT2D eigenvalue weighted by Gasteiger charge is -2.12. The number of ether oxygens (including phenoxy) is 1. The van der Waals surface area contributed by atoms with E-state index in [9.17, 15) is 4.39 Å². The molecule has 0 saturated heterocycles. The second-order valence-corrected chi connectivity index (χ2v) is 6.24. The van der Waals surface area contributed by atoms with Crippen molar-refractivity contribution in [3.05, 3.63) is 50.8 Å². The van der Waals surface area contributed by atoms with E-state index in [1.165, 1.54) is 6.07 Å². The van der Waals surface area contributed by atoms with Gasteiger partial charge in [0.25, 0.3) is 0 Å². The average Bonchev–Trinajstić information content (AvgIpc) is 2.44. The zero-order valence-electron chi connectivity index (χ0n) is 11.5. The van der Waals surface area contributed by atoms with Gasteiger partial charge in [-0.05, 0) is 53.2 Å². The number of benzene rings is 1. The molecule has 0 amide bonds. The van der Waals surface area contributed by atoms with Crippen molar-refractivity contribution >= 4 is 31.9 Å². The molecule has 0 fully saturated rings. The first-order chi connectivity index (χ1) is 10.1. The molecule has 3 nitrogen and oxygen atoms in total. The fourth-order valence-corrected chi connectivity index (χ4v) is 2.88. The molecule has 0 aliphatic carbocycles. The summed E-state index contributed by atoms with van der Waals surface area (Å²) in [6, 6.07) is 7.02. The van der Waals surface area contributed by atoms with Gasteiger partial charge in [-0.3, -0.25) is 0 Å². The minimum atomic E-state index is -0.370. The van der Waals surface area contributed by atoms with Gasteiger partial charge in [0, 0.05) is 16.6 Å². The maximum absolute atomic E-state index is 13.4. The Hall–Kier alpha value is -0.980. The van der Waals surface area contributed by atoms with Crippen molar-refractivity contribution in [2.24, 2.45) is 0 Å². The fourth-order valence-electron chi connectivity index (χ4n) is 1.75. The monoisotopic (exact) mass is 416 g/mol. The van der Waals surface area contributed by atoms with Crippen LogP contribution in [0, 0.1) is 5.82 Å². The average molecular weight is 418 g/mol. The third kappa shape index (κ3) is 4.76. The summed E-state index contributed by atoms with van der Waals surface area (Å²) in [5.41, 5.74) is 0.693. The molecule has 0 atom stereocenters. The van der Waals surface area contributed by atoms with Crippen LogP contribution in [0.1, 0.15) is 18.9 Å². The number of nitrogens with zero attached hydrogens (tertiary/aromatic N) is 1. The predicted molar refractivity (Wildman–Crippen MR) is 88.1 cm³/mol. The first-order valence-corrected chi connectivity index (χ1v) is 8.16. The van der Waals surface area contributed by atoms with E-state index in [1.807, 2.05) is 18.2 Å². The van der Waals surface area contributed by atoms with E-state index in [0.717, 1.165) is 28.1 Å². The standard InChI is InChI=1S/C15H15Br2FN2O/c1-2-5-19-8-10-6-12(18)9-20-15(10)21-14-4-3-11(16)7-13(14)17/h3-4,6-7,9,19H,2,5,8H2,1H3. The molecule has 0 radical (unpaired) electrons. The van der Waals surface area contributed by atoms with Gasteiger partial charge in [0.15, 0.2) is 0 Å². The molecule has 0 bridgehead atoms.